The van der Waals surface area contributed by atoms with Gasteiger partial charge in [0.2, 0.25) is 0 Å². The summed E-state index contributed by atoms with van der Waals surface area (Å²) in [5, 5.41) is 19.6. The zero-order valence-corrected chi connectivity index (χ0v) is 10.7. The number of carbonyl (C=O) groups excluding carboxylic acids is 2. The Morgan fingerprint density at radius 1 is 1.33 bits per heavy atom. The van der Waals surface area contributed by atoms with E-state index < -0.39 is 18.0 Å². The minimum absolute atomic E-state index is 0. The molecule has 0 aliphatic carbocycles. The first-order valence-corrected chi connectivity index (χ1v) is 2.70. The fraction of sp³-hybridized carbons (Fsp3) is 0.600. The van der Waals surface area contributed by atoms with Gasteiger partial charge in [-0.15, -0.1) is 0 Å². The Hall–Kier alpha value is 0.264. The van der Waals surface area contributed by atoms with Crippen LogP contribution in [0.2, 0.25) is 0 Å². The number of carboxylic acids is 2. The summed E-state index contributed by atoms with van der Waals surface area (Å²) in [6.45, 7) is 0. The fourth-order valence-electron chi connectivity index (χ4n) is 0.391. The Balaban J connectivity index is -0.000000405. The van der Waals surface area contributed by atoms with Gasteiger partial charge >= 0.3 is 41.9 Å². The van der Waals surface area contributed by atoms with Crippen molar-refractivity contribution in [3.63, 3.8) is 0 Å². The summed E-state index contributed by atoms with van der Waals surface area (Å²) in [5.41, 5.74) is 4.91. The van der Waals surface area contributed by atoms with Crippen LogP contribution in [-0.2, 0) is 51.4 Å². The van der Waals surface area contributed by atoms with E-state index in [2.05, 4.69) is 0 Å². The van der Waals surface area contributed by atoms with Crippen molar-refractivity contribution in [2.45, 2.75) is 18.9 Å². The topological polar surface area (TPSA) is 106 Å². The molecule has 0 amide bonds. The molecule has 0 unspecified atom stereocenters. The van der Waals surface area contributed by atoms with E-state index in [1.165, 1.54) is 0 Å². The third-order valence-corrected chi connectivity index (χ3v) is 0.962. The van der Waals surface area contributed by atoms with Gasteiger partial charge < -0.3 is 25.5 Å². The summed E-state index contributed by atoms with van der Waals surface area (Å²) in [6, 6.07) is -1.21. The number of hydrogen-bond donors (Lipinski definition) is 1. The molecule has 0 aromatic rings. The van der Waals surface area contributed by atoms with Crippen molar-refractivity contribution in [1.29, 1.82) is 0 Å². The van der Waals surface area contributed by atoms with Crippen molar-refractivity contribution in [3.8, 4) is 0 Å². The van der Waals surface area contributed by atoms with Gasteiger partial charge in [-0.1, -0.05) is 0 Å². The molecule has 0 rings (SSSR count). The molecule has 7 heteroatoms. The molecular weight excluding hydrogens is 311 g/mol. The van der Waals surface area contributed by atoms with Gasteiger partial charge in [-0.05, 0) is 12.8 Å². The van der Waals surface area contributed by atoms with Crippen LogP contribution in [0.4, 0.5) is 0 Å². The van der Waals surface area contributed by atoms with Crippen molar-refractivity contribution < 1.29 is 61.7 Å². The molecular formula is C5H7AgNO4Zn+. The number of carboxylic acid groups (broad SMARTS) is 2. The van der Waals surface area contributed by atoms with Crippen molar-refractivity contribution >= 4 is 11.9 Å². The van der Waals surface area contributed by atoms with Gasteiger partial charge in [-0.25, -0.2) is 0 Å². The van der Waals surface area contributed by atoms with Gasteiger partial charge in [0, 0.05) is 12.0 Å². The van der Waals surface area contributed by atoms with E-state index in [9.17, 15) is 19.8 Å². The molecule has 0 bridgehead atoms. The molecule has 0 fully saturated rings. The molecule has 2 N–H and O–H groups in total. The van der Waals surface area contributed by atoms with Crippen LogP contribution in [0, 0.1) is 0 Å². The van der Waals surface area contributed by atoms with E-state index in [1.54, 1.807) is 0 Å². The van der Waals surface area contributed by atoms with Crippen LogP contribution >= 0.6 is 0 Å². The van der Waals surface area contributed by atoms with E-state index in [-0.39, 0.29) is 54.7 Å². The maximum absolute atomic E-state index is 9.86. The molecule has 0 aromatic heterocycles. The molecule has 5 nitrogen and oxygen atoms in total. The van der Waals surface area contributed by atoms with Crippen LogP contribution in [0.3, 0.4) is 0 Å². The Morgan fingerprint density at radius 3 is 2.00 bits per heavy atom. The molecule has 0 aromatic carbocycles. The summed E-state index contributed by atoms with van der Waals surface area (Å²) in [6.07, 6.45) is -0.500. The predicted octanol–water partition coefficient (Wildman–Crippen LogP) is -3.41. The summed E-state index contributed by atoms with van der Waals surface area (Å²) >= 11 is 0. The second-order valence-electron chi connectivity index (χ2n) is 1.84. The van der Waals surface area contributed by atoms with Crippen LogP contribution in [0.15, 0.2) is 0 Å². The summed E-state index contributed by atoms with van der Waals surface area (Å²) in [4.78, 5) is 19.6. The minimum atomic E-state index is -1.44. The fourth-order valence-corrected chi connectivity index (χ4v) is 0.391. The Labute approximate surface area is 98.0 Å². The summed E-state index contributed by atoms with van der Waals surface area (Å²) in [7, 11) is 0. The average Bonchev–Trinajstić information content (AvgIpc) is 1.82. The van der Waals surface area contributed by atoms with E-state index in [0.29, 0.717) is 0 Å². The summed E-state index contributed by atoms with van der Waals surface area (Å²) < 4.78 is 0. The maximum atomic E-state index is 9.86. The Kier molecular flexibility index (Phi) is 14.1. The second-order valence-corrected chi connectivity index (χ2v) is 1.84. The number of hydrogen-bond acceptors (Lipinski definition) is 5. The first-order valence-electron chi connectivity index (χ1n) is 2.70. The van der Waals surface area contributed by atoms with Crippen LogP contribution in [0.1, 0.15) is 12.8 Å². The Morgan fingerprint density at radius 2 is 1.75 bits per heavy atom. The summed E-state index contributed by atoms with van der Waals surface area (Å²) in [5.74, 6) is -2.75. The monoisotopic (exact) mass is 316 g/mol. The molecule has 0 saturated carbocycles. The largest absolute Gasteiger partial charge is 2.00 e. The van der Waals surface area contributed by atoms with Crippen molar-refractivity contribution in [2.75, 3.05) is 0 Å². The molecule has 0 radical (unpaired) electrons. The van der Waals surface area contributed by atoms with E-state index in [4.69, 9.17) is 5.73 Å². The average molecular weight is 318 g/mol. The second kappa shape index (κ2) is 9.35. The third kappa shape index (κ3) is 10.3. The smallest absolute Gasteiger partial charge is 0.550 e. The number of carbonyl (C=O) groups is 2. The molecule has 0 aliphatic rings. The molecule has 0 saturated heterocycles. The quantitative estimate of drug-likeness (QED) is 0.544. The molecule has 1 atom stereocenters. The van der Waals surface area contributed by atoms with Gasteiger partial charge in [-0.3, -0.25) is 0 Å². The molecule has 0 heterocycles. The van der Waals surface area contributed by atoms with Crippen LogP contribution in [-0.4, -0.2) is 18.0 Å². The number of aliphatic carboxylic acids is 2. The van der Waals surface area contributed by atoms with Gasteiger partial charge in [0.25, 0.3) is 0 Å². The van der Waals surface area contributed by atoms with E-state index in [1.807, 2.05) is 0 Å². The first kappa shape index (κ1) is 18.1. The molecule has 0 spiro atoms. The van der Waals surface area contributed by atoms with E-state index >= 15 is 0 Å². The zero-order chi connectivity index (χ0) is 8.15. The minimum Gasteiger partial charge on any atom is -0.550 e. The molecule has 0 aliphatic heterocycles. The molecule has 68 valence electrons. The number of nitrogens with two attached hydrogens (primary N) is 1. The van der Waals surface area contributed by atoms with Crippen molar-refractivity contribution in [2.24, 2.45) is 5.73 Å². The van der Waals surface area contributed by atoms with Crippen LogP contribution in [0.5, 0.6) is 0 Å². The molecule has 12 heavy (non-hydrogen) atoms. The van der Waals surface area contributed by atoms with E-state index in [0.717, 1.165) is 0 Å². The van der Waals surface area contributed by atoms with Gasteiger partial charge in [0.15, 0.2) is 0 Å². The van der Waals surface area contributed by atoms with Gasteiger partial charge in [0.1, 0.15) is 0 Å². The van der Waals surface area contributed by atoms with Gasteiger partial charge in [0.05, 0.1) is 5.97 Å². The third-order valence-electron chi connectivity index (χ3n) is 0.962. The predicted molar refractivity (Wildman–Crippen MR) is 27.2 cm³/mol. The number of rotatable bonds is 4. The Bertz CT molecular complexity index is 154. The van der Waals surface area contributed by atoms with Crippen LogP contribution < -0.4 is 15.9 Å². The zero-order valence-electron chi connectivity index (χ0n) is 6.21. The normalized spacial score (nSPS) is 10.4. The first-order chi connectivity index (χ1) is 4.54. The maximum Gasteiger partial charge on any atom is 2.00 e. The standard InChI is InChI=1S/C5H9NO4.Ag.Zn/c6-3(5(9)10)1-2-4(7)8;;/h3H,1-2,6H2,(H,7,8)(H,9,10);;/q;+1;+2/p-2/t3-;;/m0../s1. The van der Waals surface area contributed by atoms with Crippen LogP contribution in [0.25, 0.3) is 0 Å². The van der Waals surface area contributed by atoms with Crippen molar-refractivity contribution in [1.82, 2.24) is 0 Å². The van der Waals surface area contributed by atoms with Gasteiger partial charge in [-0.2, -0.15) is 0 Å². The SMILES string of the molecule is N[C@@H](CCC(=O)[O-])C(=O)[O-].[Ag+].[Zn+2]. The van der Waals surface area contributed by atoms with Crippen molar-refractivity contribution in [3.05, 3.63) is 0 Å².